The molecular weight excluding hydrogens is 252 g/mol. The summed E-state index contributed by atoms with van der Waals surface area (Å²) in [5.41, 5.74) is 0.314. The van der Waals surface area contributed by atoms with Crippen LogP contribution < -0.4 is 9.60 Å². The minimum absolute atomic E-state index is 0.0334. The lowest BCUT2D eigenvalue weighted by Gasteiger charge is -2.02. The van der Waals surface area contributed by atoms with Gasteiger partial charge in [0.15, 0.2) is 4.21 Å². The summed E-state index contributed by atoms with van der Waals surface area (Å²) in [6, 6.07) is 0. The first-order chi connectivity index (χ1) is 7.49. The molecule has 0 aliphatic heterocycles. The summed E-state index contributed by atoms with van der Waals surface area (Å²) in [4.78, 5) is 19.3. The van der Waals surface area contributed by atoms with Gasteiger partial charge >= 0.3 is 4.87 Å². The maximum atomic E-state index is 11.8. The predicted molar refractivity (Wildman–Crippen MR) is 59.1 cm³/mol. The highest BCUT2D eigenvalue weighted by atomic mass is 32.2. The van der Waals surface area contributed by atoms with Gasteiger partial charge in [0.1, 0.15) is 0 Å². The standard InChI is InChI=1S/C7H8N4O3S2/c1-4-5(15-7(12)10-4)16(13,14)11-6-8-2-3-9-6/h2-3H,1H3,(H,10,12)(H2,8,9,11). The van der Waals surface area contributed by atoms with Gasteiger partial charge in [-0.25, -0.2) is 18.1 Å². The quantitative estimate of drug-likeness (QED) is 0.736. The third-order valence-electron chi connectivity index (χ3n) is 1.75. The molecule has 0 bridgehead atoms. The first-order valence-corrected chi connectivity index (χ1v) is 6.51. The monoisotopic (exact) mass is 260 g/mol. The Bertz CT molecular complexity index is 637. The maximum absolute atomic E-state index is 11.8. The number of aromatic amines is 2. The minimum atomic E-state index is -3.75. The average molecular weight is 260 g/mol. The first-order valence-electron chi connectivity index (χ1n) is 4.21. The lowest BCUT2D eigenvalue weighted by Crippen LogP contribution is -2.13. The van der Waals surface area contributed by atoms with Gasteiger partial charge in [0, 0.05) is 18.1 Å². The van der Waals surface area contributed by atoms with Crippen LogP contribution in [0.3, 0.4) is 0 Å². The van der Waals surface area contributed by atoms with Crippen LogP contribution in [-0.4, -0.2) is 23.4 Å². The fourth-order valence-corrected chi connectivity index (χ4v) is 3.42. The Morgan fingerprint density at radius 1 is 1.50 bits per heavy atom. The minimum Gasteiger partial charge on any atom is -0.330 e. The summed E-state index contributed by atoms with van der Waals surface area (Å²) < 4.78 is 25.8. The number of sulfonamides is 1. The van der Waals surface area contributed by atoms with Crippen molar-refractivity contribution in [1.29, 1.82) is 0 Å². The highest BCUT2D eigenvalue weighted by Crippen LogP contribution is 2.18. The molecule has 0 aromatic carbocycles. The molecule has 0 amide bonds. The van der Waals surface area contributed by atoms with Gasteiger partial charge in [-0.05, 0) is 6.92 Å². The van der Waals surface area contributed by atoms with E-state index in [-0.39, 0.29) is 10.2 Å². The Labute approximate surface area is 94.6 Å². The van der Waals surface area contributed by atoms with E-state index >= 15 is 0 Å². The van der Waals surface area contributed by atoms with Crippen LogP contribution in [0.25, 0.3) is 0 Å². The molecule has 16 heavy (non-hydrogen) atoms. The van der Waals surface area contributed by atoms with E-state index in [9.17, 15) is 13.2 Å². The van der Waals surface area contributed by atoms with Crippen molar-refractivity contribution < 1.29 is 8.42 Å². The van der Waals surface area contributed by atoms with Crippen molar-refractivity contribution in [3.05, 3.63) is 27.8 Å². The molecule has 0 fully saturated rings. The molecule has 86 valence electrons. The van der Waals surface area contributed by atoms with Crippen LogP contribution in [0, 0.1) is 6.92 Å². The Hall–Kier alpha value is -1.61. The molecule has 0 atom stereocenters. The van der Waals surface area contributed by atoms with Crippen molar-refractivity contribution in [2.45, 2.75) is 11.1 Å². The number of imidazole rings is 1. The maximum Gasteiger partial charge on any atom is 0.306 e. The number of aromatic nitrogens is 3. The highest BCUT2D eigenvalue weighted by Gasteiger charge is 2.21. The zero-order chi connectivity index (χ0) is 11.8. The van der Waals surface area contributed by atoms with E-state index < -0.39 is 14.9 Å². The van der Waals surface area contributed by atoms with E-state index in [1.165, 1.54) is 19.3 Å². The molecule has 0 saturated heterocycles. The number of H-pyrrole nitrogens is 2. The van der Waals surface area contributed by atoms with Crippen LogP contribution in [-0.2, 0) is 10.0 Å². The summed E-state index contributed by atoms with van der Waals surface area (Å²) >= 11 is 0.640. The van der Waals surface area contributed by atoms with Gasteiger partial charge in [0.05, 0.1) is 0 Å². The first kappa shape index (κ1) is 10.9. The smallest absolute Gasteiger partial charge is 0.306 e. The van der Waals surface area contributed by atoms with E-state index in [1.807, 2.05) is 0 Å². The Morgan fingerprint density at radius 2 is 2.25 bits per heavy atom. The zero-order valence-electron chi connectivity index (χ0n) is 8.14. The molecule has 2 heterocycles. The van der Waals surface area contributed by atoms with E-state index in [4.69, 9.17) is 0 Å². The lowest BCUT2D eigenvalue weighted by atomic mass is 10.6. The van der Waals surface area contributed by atoms with Gasteiger partial charge in [0.25, 0.3) is 10.0 Å². The fraction of sp³-hybridized carbons (Fsp3) is 0.143. The van der Waals surface area contributed by atoms with Crippen molar-refractivity contribution in [1.82, 2.24) is 15.0 Å². The summed E-state index contributed by atoms with van der Waals surface area (Å²) in [6.07, 6.45) is 2.91. The summed E-state index contributed by atoms with van der Waals surface area (Å²) in [5, 5.41) is 0. The van der Waals surface area contributed by atoms with Gasteiger partial charge in [0.2, 0.25) is 5.95 Å². The van der Waals surface area contributed by atoms with E-state index in [1.54, 1.807) is 0 Å². The molecule has 2 aromatic heterocycles. The van der Waals surface area contributed by atoms with Crippen molar-refractivity contribution in [3.8, 4) is 0 Å². The van der Waals surface area contributed by atoms with Crippen molar-refractivity contribution in [2.24, 2.45) is 0 Å². The molecule has 0 saturated carbocycles. The number of aryl methyl sites for hydroxylation is 1. The second kappa shape index (κ2) is 3.76. The van der Waals surface area contributed by atoms with Gasteiger partial charge in [-0.1, -0.05) is 11.3 Å². The van der Waals surface area contributed by atoms with Crippen molar-refractivity contribution in [2.75, 3.05) is 4.72 Å². The molecule has 0 radical (unpaired) electrons. The molecule has 3 N–H and O–H groups in total. The third kappa shape index (κ3) is 1.99. The number of anilines is 1. The summed E-state index contributed by atoms with van der Waals surface area (Å²) in [6.45, 7) is 1.52. The molecule has 2 aromatic rings. The van der Waals surface area contributed by atoms with Crippen LogP contribution in [0.5, 0.6) is 0 Å². The van der Waals surface area contributed by atoms with Crippen LogP contribution in [0.15, 0.2) is 21.4 Å². The second-order valence-corrected chi connectivity index (χ2v) is 5.83. The number of nitrogens with zero attached hydrogens (tertiary/aromatic N) is 1. The van der Waals surface area contributed by atoms with Gasteiger partial charge < -0.3 is 9.97 Å². The van der Waals surface area contributed by atoms with Crippen LogP contribution >= 0.6 is 11.3 Å². The molecule has 7 nitrogen and oxygen atoms in total. The van der Waals surface area contributed by atoms with Crippen molar-refractivity contribution in [3.63, 3.8) is 0 Å². The summed E-state index contributed by atoms with van der Waals surface area (Å²) in [7, 11) is -3.75. The fourth-order valence-electron chi connectivity index (χ4n) is 1.14. The topological polar surface area (TPSA) is 108 Å². The number of nitrogens with one attached hydrogen (secondary N) is 3. The number of hydrogen-bond donors (Lipinski definition) is 3. The van der Waals surface area contributed by atoms with E-state index in [0.717, 1.165) is 0 Å². The van der Waals surface area contributed by atoms with Crippen LogP contribution in [0.4, 0.5) is 5.95 Å². The van der Waals surface area contributed by atoms with Crippen LogP contribution in [0.1, 0.15) is 5.69 Å². The molecule has 0 aliphatic carbocycles. The number of rotatable bonds is 3. The molecule has 0 spiro atoms. The molecular formula is C7H8N4O3S2. The van der Waals surface area contributed by atoms with Gasteiger partial charge in [-0.15, -0.1) is 0 Å². The van der Waals surface area contributed by atoms with Crippen LogP contribution in [0.2, 0.25) is 0 Å². The van der Waals surface area contributed by atoms with E-state index in [2.05, 4.69) is 19.7 Å². The SMILES string of the molecule is Cc1[nH]c(=O)sc1S(=O)(=O)Nc1ncc[nH]1. The second-order valence-electron chi connectivity index (χ2n) is 2.97. The predicted octanol–water partition coefficient (Wildman–Crippen LogP) is 0.269. The Morgan fingerprint density at radius 3 is 2.75 bits per heavy atom. The molecule has 2 rings (SSSR count). The molecule has 0 unspecified atom stereocenters. The number of hydrogen-bond acceptors (Lipinski definition) is 5. The average Bonchev–Trinajstić information content (AvgIpc) is 2.75. The molecule has 9 heteroatoms. The zero-order valence-corrected chi connectivity index (χ0v) is 9.78. The lowest BCUT2D eigenvalue weighted by molar-refractivity contribution is 0.602. The highest BCUT2D eigenvalue weighted by molar-refractivity contribution is 7.94. The largest absolute Gasteiger partial charge is 0.330 e. The summed E-state index contributed by atoms with van der Waals surface area (Å²) in [5.74, 6) is 0.111. The van der Waals surface area contributed by atoms with Gasteiger partial charge in [-0.3, -0.25) is 4.79 Å². The Kier molecular flexibility index (Phi) is 2.56. The Balaban J connectivity index is 2.40. The van der Waals surface area contributed by atoms with E-state index in [0.29, 0.717) is 17.0 Å². The van der Waals surface area contributed by atoms with Crippen molar-refractivity contribution >= 4 is 27.3 Å². The number of thiazole rings is 1. The third-order valence-corrected chi connectivity index (χ3v) is 4.70. The normalized spacial score (nSPS) is 11.6. The molecule has 0 aliphatic rings. The van der Waals surface area contributed by atoms with Gasteiger partial charge in [-0.2, -0.15) is 0 Å².